The van der Waals surface area contributed by atoms with Crippen molar-refractivity contribution in [1.29, 1.82) is 0 Å². The van der Waals surface area contributed by atoms with Crippen molar-refractivity contribution < 1.29 is 0 Å². The molecular weight excluding hydrogens is 1240 g/mol. The van der Waals surface area contributed by atoms with E-state index in [0.717, 1.165) is 83.9 Å². The van der Waals surface area contributed by atoms with Gasteiger partial charge >= 0.3 is 0 Å². The molecule has 7 rings (SSSR count). The summed E-state index contributed by atoms with van der Waals surface area (Å²) in [6.07, 6.45) is 88.1. The third-order valence-corrected chi connectivity index (χ3v) is 23.7. The molecule has 6 bridgehead atoms. The minimum absolute atomic E-state index is 0.802. The highest BCUT2D eigenvalue weighted by Gasteiger charge is 2.24. The van der Waals surface area contributed by atoms with Crippen molar-refractivity contribution >= 4 is 44.1 Å². The van der Waals surface area contributed by atoms with Crippen molar-refractivity contribution in [1.82, 2.24) is 29.9 Å². The van der Waals surface area contributed by atoms with Gasteiger partial charge in [-0.1, -0.05) is 388 Å². The Bertz CT molecular complexity index is 2990. The molecule has 1 aliphatic rings. The Morgan fingerprint density at radius 2 is 0.333 bits per heavy atom. The molecule has 0 amide bonds. The van der Waals surface area contributed by atoms with Gasteiger partial charge in [0.25, 0.3) is 0 Å². The van der Waals surface area contributed by atoms with Crippen LogP contribution >= 0.6 is 0 Å². The molecule has 6 nitrogen and oxygen atoms in total. The van der Waals surface area contributed by atoms with E-state index < -0.39 is 0 Å². The molecule has 3 aromatic carbocycles. The molecule has 4 heterocycles. The van der Waals surface area contributed by atoms with Crippen LogP contribution in [0.5, 0.6) is 0 Å². The van der Waals surface area contributed by atoms with Gasteiger partial charge in [-0.15, -0.1) is 0 Å². The van der Waals surface area contributed by atoms with Crippen LogP contribution in [0, 0.1) is 0 Å². The van der Waals surface area contributed by atoms with E-state index in [9.17, 15) is 0 Å². The Hall–Kier alpha value is -4.32. The highest BCUT2D eigenvalue weighted by atomic mass is 15.0. The minimum Gasteiger partial charge on any atom is -0.324 e. The molecular formula is C96H158N6. The predicted octanol–water partition coefficient (Wildman–Crippen LogP) is 32.1. The van der Waals surface area contributed by atoms with Crippen LogP contribution in [0.1, 0.15) is 460 Å². The second-order valence-electron chi connectivity index (χ2n) is 32.8. The number of unbranched alkanes of at least 4 members (excludes halogenated alkanes) is 54. The van der Waals surface area contributed by atoms with Crippen LogP contribution in [0.25, 0.3) is 66.9 Å². The number of fused-ring (bicyclic) bond motifs is 15. The third kappa shape index (κ3) is 32.0. The zero-order valence-corrected chi connectivity index (χ0v) is 67.9. The van der Waals surface area contributed by atoms with Crippen LogP contribution < -0.4 is 0 Å². The first kappa shape index (κ1) is 84.9. The number of nitrogens with zero attached hydrogens (tertiary/aromatic N) is 4. The molecule has 0 aliphatic carbocycles. The van der Waals surface area contributed by atoms with Gasteiger partial charge in [0.2, 0.25) is 0 Å². The molecule has 6 aromatic rings. The SMILES string of the molecule is CCCCCCCCCCCCc1cc2c(cc1CCCCCCCCCCCC)-c1nc-2nc2[nH]c(nc3[nH]c(n1)c1cc(CCCCCCCCCCCC)c(CCCCCCCCCCCC)cc31)c1cc(CCCCCCCCCCCC)c(CCCCCCCCCCCC)cc21. The molecule has 572 valence electrons. The van der Waals surface area contributed by atoms with Crippen molar-refractivity contribution in [3.8, 4) is 22.8 Å². The fraction of sp³-hybridized carbons (Fsp3) is 0.750. The topological polar surface area (TPSA) is 83.1 Å². The first-order valence-corrected chi connectivity index (χ1v) is 45.6. The number of nitrogens with one attached hydrogen (secondary N) is 2. The Morgan fingerprint density at radius 1 is 0.176 bits per heavy atom. The number of hydrogen-bond acceptors (Lipinski definition) is 4. The molecule has 0 unspecified atom stereocenters. The Morgan fingerprint density at radius 3 is 0.520 bits per heavy atom. The smallest absolute Gasteiger partial charge is 0.164 e. The normalized spacial score (nSPS) is 12.1. The molecule has 0 spiro atoms. The first-order chi connectivity index (χ1) is 50.5. The summed E-state index contributed by atoms with van der Waals surface area (Å²) in [5, 5.41) is 4.78. The highest BCUT2D eigenvalue weighted by Crippen LogP contribution is 2.40. The maximum Gasteiger partial charge on any atom is 0.164 e. The molecule has 0 saturated heterocycles. The van der Waals surface area contributed by atoms with Gasteiger partial charge < -0.3 is 9.97 Å². The molecule has 2 N–H and O–H groups in total. The second-order valence-corrected chi connectivity index (χ2v) is 32.8. The first-order valence-electron chi connectivity index (χ1n) is 45.6. The van der Waals surface area contributed by atoms with E-state index in [0.29, 0.717) is 0 Å². The molecule has 102 heavy (non-hydrogen) atoms. The number of hydrogen-bond donors (Lipinski definition) is 2. The predicted molar refractivity (Wildman–Crippen MR) is 452 cm³/mol. The van der Waals surface area contributed by atoms with Crippen molar-refractivity contribution in [3.63, 3.8) is 0 Å². The second kappa shape index (κ2) is 54.3. The van der Waals surface area contributed by atoms with Gasteiger partial charge in [-0.3, -0.25) is 0 Å². The maximum absolute atomic E-state index is 5.82. The summed E-state index contributed by atoms with van der Waals surface area (Å²) >= 11 is 0. The van der Waals surface area contributed by atoms with Crippen molar-refractivity contribution in [2.45, 2.75) is 465 Å². The van der Waals surface area contributed by atoms with Gasteiger partial charge in [-0.05, 0) is 147 Å². The van der Waals surface area contributed by atoms with E-state index >= 15 is 0 Å². The average molecular weight is 1400 g/mol. The van der Waals surface area contributed by atoms with Gasteiger partial charge in [-0.25, -0.2) is 19.9 Å². The Labute approximate surface area is 628 Å². The van der Waals surface area contributed by atoms with Gasteiger partial charge in [0.1, 0.15) is 22.6 Å². The standard InChI is InChI=1S/C96H158N6/c1-7-13-19-25-31-37-43-49-55-61-67-79-73-85-86(74-80(79)68-62-56-50-44-38-32-26-20-14-8-2)92-97-91(85)100-93-87-75-81(69-63-57-51-45-39-33-27-21-15-9-3)82(70-64-58-52-46-40-34-28-22-16-10-4)76-88(87)95(98-93)102-96-90-78-84(72-66-60-54-48-42-36-30-24-18-12-6)83(77-89(90)94(99-96)101-92)71-65-59-53-47-41-35-29-23-17-11-5/h73-78H,7-72H2,1-6H3,(H2,97,98,99,100,101,102). The fourth-order valence-electron chi connectivity index (χ4n) is 17.0. The van der Waals surface area contributed by atoms with Crippen LogP contribution in [0.2, 0.25) is 0 Å². The third-order valence-electron chi connectivity index (χ3n) is 23.7. The lowest BCUT2D eigenvalue weighted by Crippen LogP contribution is -1.98. The summed E-state index contributed by atoms with van der Waals surface area (Å²) in [7, 11) is 0. The molecule has 0 saturated carbocycles. The average Bonchev–Trinajstić information content (AvgIpc) is 1.59. The fourth-order valence-corrected chi connectivity index (χ4v) is 17.0. The van der Waals surface area contributed by atoms with E-state index in [1.54, 1.807) is 0 Å². The summed E-state index contributed by atoms with van der Waals surface area (Å²) in [6, 6.07) is 15.4. The summed E-state index contributed by atoms with van der Waals surface area (Å²) in [4.78, 5) is 31.1. The molecule has 0 atom stereocenters. The molecule has 0 fully saturated rings. The van der Waals surface area contributed by atoms with E-state index in [4.69, 9.17) is 19.9 Å². The van der Waals surface area contributed by atoms with Gasteiger partial charge in [0.15, 0.2) is 11.6 Å². The summed E-state index contributed by atoms with van der Waals surface area (Å²) < 4.78 is 0. The molecule has 3 aromatic heterocycles. The van der Waals surface area contributed by atoms with Gasteiger partial charge in [0.05, 0.1) is 0 Å². The zero-order valence-electron chi connectivity index (χ0n) is 67.9. The molecule has 0 radical (unpaired) electrons. The van der Waals surface area contributed by atoms with Gasteiger partial charge in [-0.2, -0.15) is 0 Å². The number of rotatable bonds is 66. The number of H-pyrrole nitrogens is 2. The van der Waals surface area contributed by atoms with Crippen LogP contribution in [0.3, 0.4) is 0 Å². The molecule has 6 heteroatoms. The Kier molecular flexibility index (Phi) is 45.2. The summed E-state index contributed by atoms with van der Waals surface area (Å²) in [5.41, 5.74) is 15.1. The van der Waals surface area contributed by atoms with Crippen LogP contribution in [0.4, 0.5) is 0 Å². The number of aromatic amines is 2. The van der Waals surface area contributed by atoms with Crippen LogP contribution in [0.15, 0.2) is 36.4 Å². The maximum atomic E-state index is 5.82. The van der Waals surface area contributed by atoms with E-state index in [-0.39, 0.29) is 0 Å². The highest BCUT2D eigenvalue weighted by molar-refractivity contribution is 6.09. The van der Waals surface area contributed by atoms with Crippen molar-refractivity contribution in [2.24, 2.45) is 0 Å². The summed E-state index contributed by atoms with van der Waals surface area (Å²) in [5.74, 6) is 1.60. The van der Waals surface area contributed by atoms with Crippen LogP contribution in [-0.4, -0.2) is 29.9 Å². The Balaban J connectivity index is 1.31. The largest absolute Gasteiger partial charge is 0.324 e. The number of aromatic nitrogens is 6. The lowest BCUT2D eigenvalue weighted by Gasteiger charge is -2.13. The van der Waals surface area contributed by atoms with Crippen molar-refractivity contribution in [2.75, 3.05) is 0 Å². The van der Waals surface area contributed by atoms with Crippen molar-refractivity contribution in [3.05, 3.63) is 69.8 Å². The van der Waals surface area contributed by atoms with E-state index in [1.807, 2.05) is 0 Å². The zero-order chi connectivity index (χ0) is 71.5. The lowest BCUT2D eigenvalue weighted by atomic mass is 9.91. The lowest BCUT2D eigenvalue weighted by molar-refractivity contribution is 0.553. The number of benzene rings is 3. The minimum atomic E-state index is 0.802. The summed E-state index contributed by atoms with van der Waals surface area (Å²) in [6.45, 7) is 14.0. The van der Waals surface area contributed by atoms with Crippen LogP contribution in [-0.2, 0) is 38.5 Å². The molecule has 1 aliphatic heterocycles. The quantitative estimate of drug-likeness (QED) is 0.0372. The van der Waals surface area contributed by atoms with E-state index in [2.05, 4.69) is 87.9 Å². The van der Waals surface area contributed by atoms with E-state index in [1.165, 1.54) is 440 Å². The number of aryl methyl sites for hydroxylation is 6. The monoisotopic (exact) mass is 1400 g/mol. The van der Waals surface area contributed by atoms with Gasteiger partial charge in [0, 0.05) is 32.7 Å².